The maximum Gasteiger partial charge on any atom is 0.335 e. The van der Waals surface area contributed by atoms with E-state index in [1.165, 1.54) is 31.3 Å². The molecule has 0 heterocycles. The number of fused-ring (bicyclic) bond motifs is 5. The molecule has 0 N–H and O–H groups in total. The molecule has 202 valence electrons. The normalized spacial score (nSPS) is 33.6. The van der Waals surface area contributed by atoms with Gasteiger partial charge < -0.3 is 9.47 Å². The number of carbonyl (C=O) groups excluding carboxylic acids is 2. The van der Waals surface area contributed by atoms with E-state index in [0.29, 0.717) is 42.5 Å². The maximum atomic E-state index is 13.6. The second-order valence-electron chi connectivity index (χ2n) is 12.5. The number of ketones is 1. The van der Waals surface area contributed by atoms with Crippen molar-refractivity contribution in [1.29, 1.82) is 0 Å². The van der Waals surface area contributed by atoms with Crippen LogP contribution in [-0.4, -0.2) is 30.6 Å². The Labute approximate surface area is 223 Å². The Morgan fingerprint density at radius 2 is 1.84 bits per heavy atom. The molecular weight excluding hydrogens is 460 g/mol. The van der Waals surface area contributed by atoms with Gasteiger partial charge in [-0.3, -0.25) is 4.79 Å². The molecule has 3 saturated carbocycles. The molecule has 4 aliphatic rings. The van der Waals surface area contributed by atoms with E-state index in [-0.39, 0.29) is 17.5 Å². The van der Waals surface area contributed by atoms with Crippen LogP contribution < -0.4 is 0 Å². The smallest absolute Gasteiger partial charge is 0.335 e. The van der Waals surface area contributed by atoms with Crippen LogP contribution in [-0.2, 0) is 25.5 Å². The van der Waals surface area contributed by atoms with Crippen LogP contribution in [0.3, 0.4) is 0 Å². The molecule has 0 bridgehead atoms. The molecule has 4 heteroatoms. The molecule has 3 fully saturated rings. The van der Waals surface area contributed by atoms with E-state index in [0.717, 1.165) is 56.9 Å². The standard InChI is InChI=1S/C33H46O4/c1-3-4-5-9-20-36-30(21-23-10-7-6-8-11-23)32(35)37-31-17-16-29-28-14-12-24-22-25(34)13-15-26(24)27(28)18-19-33(29,31)2/h6-8,10-11,22,26-31H,3-5,9,12-21H2,1-2H3/t26-,27+,28+,29-,30?,31-,33-/m0/s1. The van der Waals surface area contributed by atoms with Crippen molar-refractivity contribution in [3.63, 3.8) is 0 Å². The van der Waals surface area contributed by atoms with E-state index in [1.807, 2.05) is 24.3 Å². The summed E-state index contributed by atoms with van der Waals surface area (Å²) >= 11 is 0. The van der Waals surface area contributed by atoms with Crippen molar-refractivity contribution < 1.29 is 19.1 Å². The number of unbranched alkanes of at least 4 members (excludes halogenated alkanes) is 3. The van der Waals surface area contributed by atoms with Crippen LogP contribution in [0.25, 0.3) is 0 Å². The van der Waals surface area contributed by atoms with Crippen molar-refractivity contribution >= 4 is 11.8 Å². The molecule has 0 amide bonds. The summed E-state index contributed by atoms with van der Waals surface area (Å²) in [5.41, 5.74) is 2.61. The lowest BCUT2D eigenvalue weighted by Gasteiger charge is -2.53. The average Bonchev–Trinajstić information content (AvgIpc) is 3.24. The first kappa shape index (κ1) is 26.7. The molecule has 0 saturated heterocycles. The Bertz CT molecular complexity index is 968. The van der Waals surface area contributed by atoms with E-state index in [2.05, 4.69) is 26.0 Å². The highest BCUT2D eigenvalue weighted by Crippen LogP contribution is 2.62. The second-order valence-corrected chi connectivity index (χ2v) is 12.5. The van der Waals surface area contributed by atoms with Crippen LogP contribution in [0.15, 0.2) is 42.0 Å². The number of hydrogen-bond acceptors (Lipinski definition) is 4. The highest BCUT2D eigenvalue weighted by atomic mass is 16.6. The zero-order valence-electron chi connectivity index (χ0n) is 23.0. The third-order valence-corrected chi connectivity index (χ3v) is 10.3. The van der Waals surface area contributed by atoms with Gasteiger partial charge in [0.1, 0.15) is 6.10 Å². The molecule has 4 nitrogen and oxygen atoms in total. The van der Waals surface area contributed by atoms with E-state index in [9.17, 15) is 9.59 Å². The molecule has 7 atom stereocenters. The fourth-order valence-electron chi connectivity index (χ4n) is 8.34. The molecule has 5 rings (SSSR count). The van der Waals surface area contributed by atoms with Crippen LogP contribution in [0.4, 0.5) is 0 Å². The van der Waals surface area contributed by atoms with Crippen molar-refractivity contribution in [3.05, 3.63) is 47.5 Å². The number of carbonyl (C=O) groups is 2. The van der Waals surface area contributed by atoms with Gasteiger partial charge in [0.25, 0.3) is 0 Å². The number of rotatable bonds is 10. The van der Waals surface area contributed by atoms with Gasteiger partial charge >= 0.3 is 5.97 Å². The Kier molecular flexibility index (Phi) is 8.53. The largest absolute Gasteiger partial charge is 0.460 e. The average molecular weight is 507 g/mol. The zero-order chi connectivity index (χ0) is 25.8. The number of hydrogen-bond donors (Lipinski definition) is 0. The van der Waals surface area contributed by atoms with Gasteiger partial charge in [0.2, 0.25) is 0 Å². The molecule has 1 unspecified atom stereocenters. The Balaban J connectivity index is 1.24. The number of allylic oxidation sites excluding steroid dienone is 1. The predicted molar refractivity (Wildman–Crippen MR) is 146 cm³/mol. The molecule has 0 spiro atoms. The van der Waals surface area contributed by atoms with Gasteiger partial charge in [0.15, 0.2) is 11.9 Å². The van der Waals surface area contributed by atoms with Crippen LogP contribution in [0.1, 0.15) is 96.5 Å². The van der Waals surface area contributed by atoms with E-state index in [1.54, 1.807) is 0 Å². The molecule has 1 aromatic rings. The number of benzene rings is 1. The summed E-state index contributed by atoms with van der Waals surface area (Å²) in [6, 6.07) is 10.2. The van der Waals surface area contributed by atoms with Gasteiger partial charge in [-0.1, -0.05) is 69.0 Å². The first-order chi connectivity index (χ1) is 18.0. The SMILES string of the molecule is CCCCCCOC(Cc1ccccc1)C(=O)O[C@H]1CC[C@H]2[C@@H]3CCC4=CC(=O)CC[C@@H]4[C@H]3CC[C@]12C. The lowest BCUT2D eigenvalue weighted by Crippen LogP contribution is -2.49. The predicted octanol–water partition coefficient (Wildman–Crippen LogP) is 7.25. The van der Waals surface area contributed by atoms with Crippen LogP contribution in [0.5, 0.6) is 0 Å². The van der Waals surface area contributed by atoms with Crippen molar-refractivity contribution in [2.24, 2.45) is 29.1 Å². The highest BCUT2D eigenvalue weighted by Gasteiger charge is 2.57. The van der Waals surface area contributed by atoms with Crippen LogP contribution >= 0.6 is 0 Å². The minimum Gasteiger partial charge on any atom is -0.460 e. The first-order valence-electron chi connectivity index (χ1n) is 15.1. The van der Waals surface area contributed by atoms with Gasteiger partial charge in [0, 0.05) is 24.9 Å². The Hall–Kier alpha value is -1.94. The molecular formula is C33H46O4. The van der Waals surface area contributed by atoms with Gasteiger partial charge in [-0.15, -0.1) is 0 Å². The molecule has 1 aromatic carbocycles. The zero-order valence-corrected chi connectivity index (χ0v) is 23.0. The van der Waals surface area contributed by atoms with E-state index in [4.69, 9.17) is 9.47 Å². The number of esters is 1. The lowest BCUT2D eigenvalue weighted by molar-refractivity contribution is -0.172. The number of ether oxygens (including phenoxy) is 2. The third kappa shape index (κ3) is 5.75. The monoisotopic (exact) mass is 506 g/mol. The molecule has 0 aromatic heterocycles. The Morgan fingerprint density at radius 1 is 1.00 bits per heavy atom. The summed E-state index contributed by atoms with van der Waals surface area (Å²) in [4.78, 5) is 25.6. The summed E-state index contributed by atoms with van der Waals surface area (Å²) in [7, 11) is 0. The highest BCUT2D eigenvalue weighted by molar-refractivity contribution is 5.91. The molecule has 37 heavy (non-hydrogen) atoms. The topological polar surface area (TPSA) is 52.6 Å². The van der Waals surface area contributed by atoms with E-state index < -0.39 is 6.10 Å². The summed E-state index contributed by atoms with van der Waals surface area (Å²) in [5, 5.41) is 0. The van der Waals surface area contributed by atoms with Gasteiger partial charge in [0.05, 0.1) is 0 Å². The van der Waals surface area contributed by atoms with Crippen molar-refractivity contribution in [3.8, 4) is 0 Å². The van der Waals surface area contributed by atoms with Crippen molar-refractivity contribution in [2.75, 3.05) is 6.61 Å². The van der Waals surface area contributed by atoms with Crippen LogP contribution in [0, 0.1) is 29.1 Å². The van der Waals surface area contributed by atoms with Gasteiger partial charge in [-0.2, -0.15) is 0 Å². The summed E-state index contributed by atoms with van der Waals surface area (Å²) in [5.74, 6) is 2.79. The quantitative estimate of drug-likeness (QED) is 0.248. The Morgan fingerprint density at radius 3 is 2.65 bits per heavy atom. The lowest BCUT2D eigenvalue weighted by atomic mass is 9.52. The summed E-state index contributed by atoms with van der Waals surface area (Å²) in [6.07, 6.45) is 15.0. The fourth-order valence-corrected chi connectivity index (χ4v) is 8.34. The van der Waals surface area contributed by atoms with Gasteiger partial charge in [-0.05, 0) is 86.7 Å². The fraction of sp³-hybridized carbons (Fsp3) is 0.697. The van der Waals surface area contributed by atoms with Crippen LogP contribution in [0.2, 0.25) is 0 Å². The van der Waals surface area contributed by atoms with Gasteiger partial charge in [-0.25, -0.2) is 4.79 Å². The van der Waals surface area contributed by atoms with Crippen molar-refractivity contribution in [1.82, 2.24) is 0 Å². The maximum absolute atomic E-state index is 13.6. The third-order valence-electron chi connectivity index (χ3n) is 10.3. The first-order valence-corrected chi connectivity index (χ1v) is 15.1. The van der Waals surface area contributed by atoms with E-state index >= 15 is 0 Å². The molecule has 0 aliphatic heterocycles. The molecule has 4 aliphatic carbocycles. The van der Waals surface area contributed by atoms with Crippen molar-refractivity contribution in [2.45, 2.75) is 110 Å². The second kappa shape index (κ2) is 11.8. The summed E-state index contributed by atoms with van der Waals surface area (Å²) < 4.78 is 12.6. The minimum atomic E-state index is -0.537. The summed E-state index contributed by atoms with van der Waals surface area (Å²) in [6.45, 7) is 5.21. The minimum absolute atomic E-state index is 0.0159. The molecule has 0 radical (unpaired) electrons.